The van der Waals surface area contributed by atoms with Crippen LogP contribution in [0.1, 0.15) is 45.1 Å². The number of rotatable bonds is 5. The van der Waals surface area contributed by atoms with Gasteiger partial charge in [0.1, 0.15) is 6.54 Å². The molecule has 3 N–H and O–H groups in total. The highest BCUT2D eigenvalue weighted by Crippen LogP contribution is 2.23. The number of anilines is 1. The maximum Gasteiger partial charge on any atom is 0.246 e. The van der Waals surface area contributed by atoms with Gasteiger partial charge in [-0.05, 0) is 56.7 Å². The molecular weight excluding hydrogens is 312 g/mol. The van der Waals surface area contributed by atoms with Crippen molar-refractivity contribution in [2.75, 3.05) is 18.4 Å². The average Bonchev–Trinajstić information content (AvgIpc) is 2.62. The van der Waals surface area contributed by atoms with Gasteiger partial charge in [-0.15, -0.1) is 6.42 Å². The number of nitrogens with zero attached hydrogens (tertiary/aromatic N) is 1. The maximum absolute atomic E-state index is 12.1. The minimum Gasteiger partial charge on any atom is -0.357 e. The van der Waals surface area contributed by atoms with Crippen LogP contribution < -0.4 is 16.0 Å². The largest absolute Gasteiger partial charge is 0.357 e. The minimum absolute atomic E-state index is 0.0682. The lowest BCUT2D eigenvalue weighted by molar-refractivity contribution is -0.114. The van der Waals surface area contributed by atoms with Crippen LogP contribution in [0.3, 0.4) is 0 Å². The molecule has 134 valence electrons. The van der Waals surface area contributed by atoms with Crippen LogP contribution in [0.4, 0.5) is 5.69 Å². The maximum atomic E-state index is 12.1. The van der Waals surface area contributed by atoms with Crippen LogP contribution in [0.25, 0.3) is 0 Å². The molecule has 0 radical (unpaired) electrons. The van der Waals surface area contributed by atoms with Crippen LogP contribution >= 0.6 is 0 Å². The van der Waals surface area contributed by atoms with E-state index in [2.05, 4.69) is 33.8 Å². The van der Waals surface area contributed by atoms with Gasteiger partial charge in [-0.3, -0.25) is 4.79 Å². The molecule has 5 heteroatoms. The van der Waals surface area contributed by atoms with E-state index in [1.165, 1.54) is 12.8 Å². The molecule has 1 amide bonds. The number of terminal acetylenes is 1. The molecule has 0 aliphatic heterocycles. The summed E-state index contributed by atoms with van der Waals surface area (Å²) < 4.78 is 0. The molecule has 1 fully saturated rings. The number of amides is 1. The highest BCUT2D eigenvalue weighted by molar-refractivity contribution is 5.94. The average molecular weight is 340 g/mol. The predicted molar refractivity (Wildman–Crippen MR) is 104 cm³/mol. The molecule has 0 unspecified atom stereocenters. The number of aliphatic imine (C=N–C) groups is 1. The smallest absolute Gasteiger partial charge is 0.246 e. The van der Waals surface area contributed by atoms with Gasteiger partial charge < -0.3 is 16.0 Å². The molecule has 0 saturated heterocycles. The number of nitrogens with one attached hydrogen (secondary N) is 3. The molecular formula is C20H28N4O. The minimum atomic E-state index is -0.163. The zero-order valence-electron chi connectivity index (χ0n) is 15.1. The first-order valence-electron chi connectivity index (χ1n) is 9.02. The van der Waals surface area contributed by atoms with Gasteiger partial charge in [0, 0.05) is 23.8 Å². The second-order valence-electron chi connectivity index (χ2n) is 6.57. The molecule has 25 heavy (non-hydrogen) atoms. The number of benzene rings is 1. The Morgan fingerprint density at radius 3 is 2.76 bits per heavy atom. The summed E-state index contributed by atoms with van der Waals surface area (Å²) in [6, 6.07) is 7.67. The summed E-state index contributed by atoms with van der Waals surface area (Å²) >= 11 is 0. The van der Waals surface area contributed by atoms with Crippen LogP contribution in [0.5, 0.6) is 0 Å². The van der Waals surface area contributed by atoms with Gasteiger partial charge in [0.05, 0.1) is 0 Å². The van der Waals surface area contributed by atoms with Crippen molar-refractivity contribution < 1.29 is 4.79 Å². The fraction of sp³-hybridized carbons (Fsp3) is 0.500. The van der Waals surface area contributed by atoms with Crippen LogP contribution in [-0.2, 0) is 4.79 Å². The zero-order valence-corrected chi connectivity index (χ0v) is 15.1. The Hall–Kier alpha value is -2.48. The van der Waals surface area contributed by atoms with E-state index in [0.717, 1.165) is 30.9 Å². The fourth-order valence-corrected chi connectivity index (χ4v) is 2.96. The fourth-order valence-electron chi connectivity index (χ4n) is 2.96. The summed E-state index contributed by atoms with van der Waals surface area (Å²) in [6.07, 6.45) is 10.2. The molecule has 1 saturated carbocycles. The molecule has 1 aromatic rings. The van der Waals surface area contributed by atoms with Crippen molar-refractivity contribution in [3.8, 4) is 12.3 Å². The van der Waals surface area contributed by atoms with E-state index >= 15 is 0 Å². The lowest BCUT2D eigenvalue weighted by Gasteiger charge is -2.28. The number of hydrogen-bond acceptors (Lipinski definition) is 2. The van der Waals surface area contributed by atoms with Crippen LogP contribution in [-0.4, -0.2) is 31.0 Å². The SMILES string of the molecule is C#Cc1cccc(NC(=O)CN=C(NCC)NC2CCC(C)CC2)c1. The van der Waals surface area contributed by atoms with Crippen molar-refractivity contribution in [3.63, 3.8) is 0 Å². The van der Waals surface area contributed by atoms with Gasteiger partial charge in [-0.1, -0.05) is 18.9 Å². The number of guanidine groups is 1. The van der Waals surface area contributed by atoms with Crippen molar-refractivity contribution >= 4 is 17.6 Å². The van der Waals surface area contributed by atoms with Crippen molar-refractivity contribution in [3.05, 3.63) is 29.8 Å². The first-order valence-corrected chi connectivity index (χ1v) is 9.02. The normalized spacial score (nSPS) is 20.4. The van der Waals surface area contributed by atoms with Gasteiger partial charge >= 0.3 is 0 Å². The molecule has 1 aliphatic carbocycles. The highest BCUT2D eigenvalue weighted by Gasteiger charge is 2.18. The highest BCUT2D eigenvalue weighted by atomic mass is 16.1. The van der Waals surface area contributed by atoms with Gasteiger partial charge in [0.25, 0.3) is 0 Å². The molecule has 1 aromatic carbocycles. The van der Waals surface area contributed by atoms with Crippen molar-refractivity contribution in [2.24, 2.45) is 10.9 Å². The van der Waals surface area contributed by atoms with Gasteiger partial charge in [0.15, 0.2) is 5.96 Å². The Labute approximate surface area is 150 Å². The molecule has 0 aromatic heterocycles. The van der Waals surface area contributed by atoms with E-state index in [0.29, 0.717) is 17.7 Å². The number of hydrogen-bond donors (Lipinski definition) is 3. The summed E-state index contributed by atoms with van der Waals surface area (Å²) in [6.45, 7) is 5.15. The van der Waals surface area contributed by atoms with Crippen LogP contribution in [0.2, 0.25) is 0 Å². The van der Waals surface area contributed by atoms with E-state index in [1.54, 1.807) is 6.07 Å². The molecule has 5 nitrogen and oxygen atoms in total. The van der Waals surface area contributed by atoms with E-state index in [4.69, 9.17) is 6.42 Å². The standard InChI is InChI=1S/C20H28N4O/c1-4-16-7-6-8-18(13-16)23-19(25)14-22-20(21-5-2)24-17-11-9-15(3)10-12-17/h1,6-8,13,15,17H,5,9-12,14H2,2-3H3,(H,23,25)(H2,21,22,24). The Kier molecular flexibility index (Phi) is 7.34. The zero-order chi connectivity index (χ0) is 18.1. The van der Waals surface area contributed by atoms with E-state index in [9.17, 15) is 4.79 Å². The first-order chi connectivity index (χ1) is 12.1. The van der Waals surface area contributed by atoms with Crippen molar-refractivity contribution in [1.82, 2.24) is 10.6 Å². The van der Waals surface area contributed by atoms with Crippen LogP contribution in [0.15, 0.2) is 29.3 Å². The van der Waals surface area contributed by atoms with Gasteiger partial charge in [-0.2, -0.15) is 0 Å². The lowest BCUT2D eigenvalue weighted by atomic mass is 9.87. The van der Waals surface area contributed by atoms with E-state index in [1.807, 2.05) is 25.1 Å². The van der Waals surface area contributed by atoms with Gasteiger partial charge in [-0.25, -0.2) is 4.99 Å². The quantitative estimate of drug-likeness (QED) is 0.439. The second-order valence-corrected chi connectivity index (χ2v) is 6.57. The Morgan fingerprint density at radius 2 is 2.08 bits per heavy atom. The summed E-state index contributed by atoms with van der Waals surface area (Å²) in [5, 5.41) is 9.48. The number of carbonyl (C=O) groups excluding carboxylic acids is 1. The predicted octanol–water partition coefficient (Wildman–Crippen LogP) is 2.74. The third-order valence-corrected chi connectivity index (χ3v) is 4.39. The van der Waals surface area contributed by atoms with E-state index < -0.39 is 0 Å². The first kappa shape index (κ1) is 18.9. The van der Waals surface area contributed by atoms with Crippen LogP contribution in [0, 0.1) is 18.3 Å². The topological polar surface area (TPSA) is 65.5 Å². The third-order valence-electron chi connectivity index (χ3n) is 4.39. The lowest BCUT2D eigenvalue weighted by Crippen LogP contribution is -2.45. The molecule has 2 rings (SSSR count). The molecule has 0 bridgehead atoms. The Morgan fingerprint density at radius 1 is 1.32 bits per heavy atom. The number of carbonyl (C=O) groups is 1. The third kappa shape index (κ3) is 6.50. The summed E-state index contributed by atoms with van der Waals surface area (Å²) in [5.41, 5.74) is 1.43. The molecule has 1 aliphatic rings. The Bertz CT molecular complexity index is 639. The summed E-state index contributed by atoms with van der Waals surface area (Å²) in [7, 11) is 0. The molecule has 0 atom stereocenters. The summed E-state index contributed by atoms with van der Waals surface area (Å²) in [4.78, 5) is 16.5. The van der Waals surface area contributed by atoms with Gasteiger partial charge in [0.2, 0.25) is 5.91 Å². The second kappa shape index (κ2) is 9.73. The molecule has 0 heterocycles. The summed E-state index contributed by atoms with van der Waals surface area (Å²) in [5.74, 6) is 3.90. The monoisotopic (exact) mass is 340 g/mol. The Balaban J connectivity index is 1.88. The van der Waals surface area contributed by atoms with E-state index in [-0.39, 0.29) is 12.5 Å². The molecule has 0 spiro atoms. The van der Waals surface area contributed by atoms with Crippen molar-refractivity contribution in [2.45, 2.75) is 45.6 Å². The van der Waals surface area contributed by atoms with Crippen molar-refractivity contribution in [1.29, 1.82) is 0 Å².